The molecule has 0 bridgehead atoms. The highest BCUT2D eigenvalue weighted by atomic mass is 32.2. The predicted octanol–water partition coefficient (Wildman–Crippen LogP) is 3.64. The number of aryl methyl sites for hydroxylation is 1. The molecule has 1 heterocycles. The second-order valence-corrected chi connectivity index (χ2v) is 5.42. The van der Waals surface area contributed by atoms with E-state index in [2.05, 4.69) is 10.1 Å². The van der Waals surface area contributed by atoms with Crippen LogP contribution in [-0.4, -0.2) is 24.5 Å². The smallest absolute Gasteiger partial charge is 0.398 e. The lowest BCUT2D eigenvalue weighted by atomic mass is 10.2. The van der Waals surface area contributed by atoms with E-state index in [4.69, 9.17) is 0 Å². The Morgan fingerprint density at radius 3 is 2.67 bits per heavy atom. The fourth-order valence-electron chi connectivity index (χ4n) is 1.68. The van der Waals surface area contributed by atoms with E-state index in [9.17, 15) is 22.4 Å². The van der Waals surface area contributed by atoms with Gasteiger partial charge in [0.25, 0.3) is 0 Å². The molecule has 3 nitrogen and oxygen atoms in total. The fourth-order valence-corrected chi connectivity index (χ4v) is 2.49. The Hall–Kier alpha value is -1.70. The highest BCUT2D eigenvalue weighted by Gasteiger charge is 2.27. The highest BCUT2D eigenvalue weighted by Crippen LogP contribution is 2.33. The molecule has 2 rings (SSSR count). The van der Waals surface area contributed by atoms with E-state index in [1.54, 1.807) is 0 Å². The number of benzene rings is 1. The number of nitrogens with one attached hydrogen (secondary N) is 1. The van der Waals surface area contributed by atoms with Crippen LogP contribution in [0.4, 0.5) is 23.2 Å². The van der Waals surface area contributed by atoms with Gasteiger partial charge >= 0.3 is 12.1 Å². The molecule has 21 heavy (non-hydrogen) atoms. The van der Waals surface area contributed by atoms with Crippen molar-refractivity contribution in [1.29, 1.82) is 0 Å². The summed E-state index contributed by atoms with van der Waals surface area (Å²) in [6, 6.07) is 2.45. The van der Waals surface area contributed by atoms with Gasteiger partial charge in [-0.15, -0.1) is 11.8 Å². The Bertz CT molecular complexity index is 599. The maximum Gasteiger partial charge on any atom is 0.398 e. The maximum absolute atomic E-state index is 13.8. The first kappa shape index (κ1) is 15.7. The van der Waals surface area contributed by atoms with E-state index in [1.165, 1.54) is 19.1 Å². The second kappa shape index (κ2) is 5.97. The summed E-state index contributed by atoms with van der Waals surface area (Å²) in [7, 11) is 0. The predicted molar refractivity (Wildman–Crippen MR) is 70.6 cm³/mol. The number of rotatable bonds is 4. The van der Waals surface area contributed by atoms with Gasteiger partial charge in [-0.1, -0.05) is 0 Å². The number of ether oxygens (including phenoxy) is 1. The Labute approximate surface area is 122 Å². The minimum Gasteiger partial charge on any atom is -0.456 e. The van der Waals surface area contributed by atoms with Crippen LogP contribution in [0.5, 0.6) is 0 Å². The van der Waals surface area contributed by atoms with Gasteiger partial charge in [-0.3, -0.25) is 0 Å². The number of esters is 1. The first-order valence-corrected chi connectivity index (χ1v) is 6.87. The second-order valence-electron chi connectivity index (χ2n) is 4.40. The largest absolute Gasteiger partial charge is 0.456 e. The molecular weight excluding hydrogens is 310 g/mol. The average molecular weight is 321 g/mol. The number of carbonyl (C=O) groups is 1. The van der Waals surface area contributed by atoms with Crippen molar-refractivity contribution in [3.8, 4) is 0 Å². The van der Waals surface area contributed by atoms with Gasteiger partial charge in [-0.2, -0.15) is 13.2 Å². The topological polar surface area (TPSA) is 38.3 Å². The molecule has 8 heteroatoms. The number of hydrogen-bond donors (Lipinski definition) is 1. The standard InChI is InChI=1S/C13H11F4NO2S/c1-7-2-9(14)10(18-8-3-12(19)20-5-8)4-11(7)21-6-13(15,16)17/h2-4,18H,5-6H2,1H3. The van der Waals surface area contributed by atoms with E-state index >= 15 is 0 Å². The summed E-state index contributed by atoms with van der Waals surface area (Å²) < 4.78 is 55.2. The lowest BCUT2D eigenvalue weighted by Crippen LogP contribution is -2.11. The van der Waals surface area contributed by atoms with Gasteiger partial charge < -0.3 is 10.1 Å². The molecule has 1 aromatic carbocycles. The molecule has 0 aromatic heterocycles. The van der Waals surface area contributed by atoms with E-state index < -0.39 is 23.7 Å². The zero-order chi connectivity index (χ0) is 15.6. The molecule has 0 spiro atoms. The normalized spacial score (nSPS) is 14.9. The van der Waals surface area contributed by atoms with E-state index in [1.807, 2.05) is 0 Å². The summed E-state index contributed by atoms with van der Waals surface area (Å²) in [5.41, 5.74) is 0.782. The zero-order valence-corrected chi connectivity index (χ0v) is 11.7. The molecule has 1 aromatic rings. The lowest BCUT2D eigenvalue weighted by molar-refractivity contribution is -0.134. The molecule has 1 N–H and O–H groups in total. The van der Waals surface area contributed by atoms with Crippen LogP contribution >= 0.6 is 11.8 Å². The molecule has 0 aliphatic carbocycles. The Morgan fingerprint density at radius 2 is 2.10 bits per heavy atom. The van der Waals surface area contributed by atoms with Crippen molar-refractivity contribution in [2.24, 2.45) is 0 Å². The number of alkyl halides is 3. The van der Waals surface area contributed by atoms with Crippen molar-refractivity contribution in [1.82, 2.24) is 0 Å². The molecule has 1 aliphatic rings. The molecule has 0 atom stereocenters. The van der Waals surface area contributed by atoms with Crippen LogP contribution in [0.25, 0.3) is 0 Å². The van der Waals surface area contributed by atoms with Gasteiger partial charge in [0, 0.05) is 11.0 Å². The van der Waals surface area contributed by atoms with Gasteiger partial charge in [0.05, 0.1) is 17.1 Å². The molecule has 0 fully saturated rings. The molecule has 1 aliphatic heterocycles. The van der Waals surface area contributed by atoms with Crippen molar-refractivity contribution < 1.29 is 27.1 Å². The quantitative estimate of drug-likeness (QED) is 0.522. The van der Waals surface area contributed by atoms with Gasteiger partial charge in [0.2, 0.25) is 0 Å². The van der Waals surface area contributed by atoms with E-state index in [0.29, 0.717) is 27.9 Å². The lowest BCUT2D eigenvalue weighted by Gasteiger charge is -2.13. The average Bonchev–Trinajstić information content (AvgIpc) is 2.76. The molecule has 0 amide bonds. The summed E-state index contributed by atoms with van der Waals surface area (Å²) in [6.07, 6.45) is -3.13. The first-order valence-electron chi connectivity index (χ1n) is 5.88. The van der Waals surface area contributed by atoms with Crippen molar-refractivity contribution in [3.63, 3.8) is 0 Å². The van der Waals surface area contributed by atoms with E-state index in [-0.39, 0.29) is 12.3 Å². The number of cyclic esters (lactones) is 1. The summed E-state index contributed by atoms with van der Waals surface area (Å²) in [6.45, 7) is 1.52. The number of carbonyl (C=O) groups excluding carboxylic acids is 1. The number of halogens is 4. The first-order chi connectivity index (χ1) is 9.74. The van der Waals surface area contributed by atoms with Crippen LogP contribution in [0.1, 0.15) is 5.56 Å². The van der Waals surface area contributed by atoms with Crippen molar-refractivity contribution in [2.75, 3.05) is 17.7 Å². The van der Waals surface area contributed by atoms with Gasteiger partial charge in [0.15, 0.2) is 0 Å². The van der Waals surface area contributed by atoms with Crippen LogP contribution in [-0.2, 0) is 9.53 Å². The summed E-state index contributed by atoms with van der Waals surface area (Å²) in [4.78, 5) is 11.2. The van der Waals surface area contributed by atoms with Gasteiger partial charge in [-0.25, -0.2) is 9.18 Å². The van der Waals surface area contributed by atoms with Gasteiger partial charge in [-0.05, 0) is 24.6 Å². The van der Waals surface area contributed by atoms with Crippen LogP contribution in [0, 0.1) is 12.7 Å². The minimum absolute atomic E-state index is 0.00910. The summed E-state index contributed by atoms with van der Waals surface area (Å²) in [5.74, 6) is -2.20. The molecule has 0 saturated carbocycles. The monoisotopic (exact) mass is 321 g/mol. The highest BCUT2D eigenvalue weighted by molar-refractivity contribution is 7.99. The Morgan fingerprint density at radius 1 is 1.38 bits per heavy atom. The van der Waals surface area contributed by atoms with E-state index in [0.717, 1.165) is 6.07 Å². The number of thioether (sulfide) groups is 1. The minimum atomic E-state index is -4.30. The Kier molecular flexibility index (Phi) is 4.46. The molecular formula is C13H11F4NO2S. The SMILES string of the molecule is Cc1cc(F)c(NC2=CC(=O)OC2)cc1SCC(F)(F)F. The third-order valence-electron chi connectivity index (χ3n) is 2.61. The summed E-state index contributed by atoms with van der Waals surface area (Å²) in [5, 5.41) is 2.65. The van der Waals surface area contributed by atoms with Crippen molar-refractivity contribution >= 4 is 23.4 Å². The molecule has 114 valence electrons. The van der Waals surface area contributed by atoms with Crippen LogP contribution in [0.15, 0.2) is 28.8 Å². The molecule has 0 saturated heterocycles. The summed E-state index contributed by atoms with van der Waals surface area (Å²) >= 11 is 0.586. The number of hydrogen-bond acceptors (Lipinski definition) is 4. The van der Waals surface area contributed by atoms with Crippen LogP contribution in [0.2, 0.25) is 0 Å². The molecule has 0 unspecified atom stereocenters. The third kappa shape index (κ3) is 4.38. The van der Waals surface area contributed by atoms with Gasteiger partial charge in [0.1, 0.15) is 12.4 Å². The fraction of sp³-hybridized carbons (Fsp3) is 0.308. The number of anilines is 1. The van der Waals surface area contributed by atoms with Crippen LogP contribution < -0.4 is 5.32 Å². The van der Waals surface area contributed by atoms with Crippen molar-refractivity contribution in [3.05, 3.63) is 35.3 Å². The maximum atomic E-state index is 13.8. The third-order valence-corrected chi connectivity index (χ3v) is 3.84. The molecule has 0 radical (unpaired) electrons. The zero-order valence-electron chi connectivity index (χ0n) is 10.9. The van der Waals surface area contributed by atoms with Crippen molar-refractivity contribution in [2.45, 2.75) is 18.0 Å². The Balaban J connectivity index is 2.18. The van der Waals surface area contributed by atoms with Crippen LogP contribution in [0.3, 0.4) is 0 Å².